The fourth-order valence-electron chi connectivity index (χ4n) is 2.01. The standard InChI is InChI=1S/C12H16ClNO3S/c1-10-3-2-8-14(9-10)18(15,16)17-12-6-4-11(13)5-7-12/h4-7,10H,2-3,8-9H2,1H3/t10-/m1/s1. The molecule has 0 spiro atoms. The molecule has 0 N–H and O–H groups in total. The van der Waals surface area contributed by atoms with Gasteiger partial charge in [0, 0.05) is 18.1 Å². The highest BCUT2D eigenvalue weighted by atomic mass is 35.5. The molecule has 1 aliphatic heterocycles. The molecule has 1 aliphatic rings. The van der Waals surface area contributed by atoms with E-state index >= 15 is 0 Å². The van der Waals surface area contributed by atoms with E-state index in [0.29, 0.717) is 24.0 Å². The van der Waals surface area contributed by atoms with Crippen molar-refractivity contribution in [2.75, 3.05) is 13.1 Å². The second kappa shape index (κ2) is 5.47. The van der Waals surface area contributed by atoms with E-state index in [2.05, 4.69) is 0 Å². The molecule has 1 aromatic rings. The SMILES string of the molecule is C[C@@H]1CCCN(S(=O)(=O)Oc2ccc(Cl)cc2)C1. The van der Waals surface area contributed by atoms with Crippen LogP contribution in [0.25, 0.3) is 0 Å². The molecule has 100 valence electrons. The summed E-state index contributed by atoms with van der Waals surface area (Å²) in [5, 5.41) is 0.548. The van der Waals surface area contributed by atoms with Crippen LogP contribution in [0.2, 0.25) is 5.02 Å². The summed E-state index contributed by atoms with van der Waals surface area (Å²) >= 11 is 5.74. The van der Waals surface area contributed by atoms with Gasteiger partial charge in [-0.2, -0.15) is 12.7 Å². The number of hydrogen-bond donors (Lipinski definition) is 0. The Balaban J connectivity index is 2.09. The summed E-state index contributed by atoms with van der Waals surface area (Å²) in [5.41, 5.74) is 0. The third kappa shape index (κ3) is 3.37. The topological polar surface area (TPSA) is 46.6 Å². The lowest BCUT2D eigenvalue weighted by Crippen LogP contribution is -2.41. The van der Waals surface area contributed by atoms with E-state index in [1.807, 2.05) is 6.92 Å². The minimum atomic E-state index is -3.69. The van der Waals surface area contributed by atoms with Gasteiger partial charge in [-0.15, -0.1) is 0 Å². The number of hydrogen-bond acceptors (Lipinski definition) is 3. The summed E-state index contributed by atoms with van der Waals surface area (Å²) in [5.74, 6) is 0.667. The molecule has 0 amide bonds. The highest BCUT2D eigenvalue weighted by molar-refractivity contribution is 7.84. The Labute approximate surface area is 113 Å². The third-order valence-corrected chi connectivity index (χ3v) is 4.57. The lowest BCUT2D eigenvalue weighted by atomic mass is 10.0. The summed E-state index contributed by atoms with van der Waals surface area (Å²) in [6.45, 7) is 3.10. The molecule has 6 heteroatoms. The Kier molecular flexibility index (Phi) is 4.14. The monoisotopic (exact) mass is 289 g/mol. The summed E-state index contributed by atoms with van der Waals surface area (Å²) < 4.78 is 30.6. The Hall–Kier alpha value is -0.780. The van der Waals surface area contributed by atoms with Crippen molar-refractivity contribution in [1.29, 1.82) is 0 Å². The summed E-state index contributed by atoms with van der Waals surface area (Å²) in [6, 6.07) is 6.30. The maximum Gasteiger partial charge on any atom is 0.385 e. The van der Waals surface area contributed by atoms with Gasteiger partial charge in [-0.25, -0.2) is 0 Å². The molecular formula is C12H16ClNO3S. The number of halogens is 1. The summed E-state index contributed by atoms with van der Waals surface area (Å²) in [7, 11) is -3.69. The summed E-state index contributed by atoms with van der Waals surface area (Å²) in [4.78, 5) is 0. The van der Waals surface area contributed by atoms with E-state index in [9.17, 15) is 8.42 Å². The van der Waals surface area contributed by atoms with Gasteiger partial charge in [0.2, 0.25) is 0 Å². The molecule has 1 heterocycles. The van der Waals surface area contributed by atoms with Crippen LogP contribution in [-0.2, 0) is 10.3 Å². The van der Waals surface area contributed by atoms with E-state index in [1.54, 1.807) is 24.3 Å². The zero-order chi connectivity index (χ0) is 13.2. The van der Waals surface area contributed by atoms with Gasteiger partial charge >= 0.3 is 10.3 Å². The first-order chi connectivity index (χ1) is 8.47. The fourth-order valence-corrected chi connectivity index (χ4v) is 3.39. The number of nitrogens with zero attached hydrogens (tertiary/aromatic N) is 1. The second-order valence-electron chi connectivity index (χ2n) is 4.60. The average molecular weight is 290 g/mol. The molecule has 1 atom stereocenters. The molecule has 0 aromatic heterocycles. The second-order valence-corrected chi connectivity index (χ2v) is 6.58. The molecule has 0 radical (unpaired) electrons. The van der Waals surface area contributed by atoms with E-state index in [-0.39, 0.29) is 5.75 Å². The molecule has 1 saturated heterocycles. The molecule has 18 heavy (non-hydrogen) atoms. The first-order valence-corrected chi connectivity index (χ1v) is 7.67. The quantitative estimate of drug-likeness (QED) is 0.859. The highest BCUT2D eigenvalue weighted by Gasteiger charge is 2.28. The maximum atomic E-state index is 12.1. The van der Waals surface area contributed by atoms with Crippen LogP contribution in [0.1, 0.15) is 19.8 Å². The molecular weight excluding hydrogens is 274 g/mol. The molecule has 2 rings (SSSR count). The van der Waals surface area contributed by atoms with E-state index in [4.69, 9.17) is 15.8 Å². The predicted molar refractivity (Wildman–Crippen MR) is 71.0 cm³/mol. The van der Waals surface area contributed by atoms with Gasteiger partial charge in [-0.05, 0) is 43.0 Å². The molecule has 0 bridgehead atoms. The smallest absolute Gasteiger partial charge is 0.371 e. The number of benzene rings is 1. The van der Waals surface area contributed by atoms with E-state index in [1.165, 1.54) is 4.31 Å². The van der Waals surface area contributed by atoms with Crippen molar-refractivity contribution in [3.63, 3.8) is 0 Å². The molecule has 0 aliphatic carbocycles. The predicted octanol–water partition coefficient (Wildman–Crippen LogP) is 2.70. The lowest BCUT2D eigenvalue weighted by Gasteiger charge is -2.29. The largest absolute Gasteiger partial charge is 0.385 e. The zero-order valence-electron chi connectivity index (χ0n) is 10.2. The van der Waals surface area contributed by atoms with Crippen molar-refractivity contribution >= 4 is 21.9 Å². The van der Waals surface area contributed by atoms with Crippen LogP contribution in [-0.4, -0.2) is 25.8 Å². The van der Waals surface area contributed by atoms with Crippen molar-refractivity contribution in [3.05, 3.63) is 29.3 Å². The van der Waals surface area contributed by atoms with Crippen molar-refractivity contribution in [2.45, 2.75) is 19.8 Å². The van der Waals surface area contributed by atoms with Gasteiger partial charge in [0.15, 0.2) is 0 Å². The van der Waals surface area contributed by atoms with Gasteiger partial charge in [-0.3, -0.25) is 0 Å². The normalized spacial score (nSPS) is 21.8. The highest BCUT2D eigenvalue weighted by Crippen LogP contribution is 2.22. The molecule has 0 unspecified atom stereocenters. The molecule has 1 fully saturated rings. The lowest BCUT2D eigenvalue weighted by molar-refractivity contribution is 0.260. The average Bonchev–Trinajstić information content (AvgIpc) is 2.32. The van der Waals surface area contributed by atoms with Crippen molar-refractivity contribution in [3.8, 4) is 5.75 Å². The minimum absolute atomic E-state index is 0.289. The zero-order valence-corrected chi connectivity index (χ0v) is 11.7. The Morgan fingerprint density at radius 1 is 1.33 bits per heavy atom. The van der Waals surface area contributed by atoms with Gasteiger partial charge in [0.1, 0.15) is 5.75 Å². The number of rotatable bonds is 3. The Morgan fingerprint density at radius 3 is 2.61 bits per heavy atom. The minimum Gasteiger partial charge on any atom is -0.371 e. The van der Waals surface area contributed by atoms with Crippen molar-refractivity contribution in [1.82, 2.24) is 4.31 Å². The molecule has 1 aromatic carbocycles. The van der Waals surface area contributed by atoms with Gasteiger partial charge in [0.05, 0.1) is 0 Å². The fraction of sp³-hybridized carbons (Fsp3) is 0.500. The number of piperidine rings is 1. The van der Waals surface area contributed by atoms with E-state index in [0.717, 1.165) is 12.8 Å². The van der Waals surface area contributed by atoms with Crippen LogP contribution in [0.15, 0.2) is 24.3 Å². The first kappa shape index (κ1) is 13.6. The van der Waals surface area contributed by atoms with Crippen LogP contribution < -0.4 is 4.18 Å². The van der Waals surface area contributed by atoms with Gasteiger partial charge in [0.25, 0.3) is 0 Å². The van der Waals surface area contributed by atoms with Crippen LogP contribution >= 0.6 is 11.6 Å². The Bertz CT molecular complexity index is 501. The van der Waals surface area contributed by atoms with Crippen LogP contribution in [0.4, 0.5) is 0 Å². The van der Waals surface area contributed by atoms with Crippen LogP contribution in [0.3, 0.4) is 0 Å². The third-order valence-electron chi connectivity index (χ3n) is 2.95. The van der Waals surface area contributed by atoms with E-state index < -0.39 is 10.3 Å². The van der Waals surface area contributed by atoms with Gasteiger partial charge < -0.3 is 4.18 Å². The summed E-state index contributed by atoms with van der Waals surface area (Å²) in [6.07, 6.45) is 1.94. The van der Waals surface area contributed by atoms with Gasteiger partial charge in [-0.1, -0.05) is 18.5 Å². The van der Waals surface area contributed by atoms with Crippen LogP contribution in [0.5, 0.6) is 5.75 Å². The maximum absolute atomic E-state index is 12.1. The Morgan fingerprint density at radius 2 is 2.00 bits per heavy atom. The van der Waals surface area contributed by atoms with Crippen LogP contribution in [0, 0.1) is 5.92 Å². The first-order valence-electron chi connectivity index (χ1n) is 5.92. The molecule has 4 nitrogen and oxygen atoms in total. The van der Waals surface area contributed by atoms with Crippen molar-refractivity contribution in [2.24, 2.45) is 5.92 Å². The molecule has 0 saturated carbocycles. The van der Waals surface area contributed by atoms with Crippen molar-refractivity contribution < 1.29 is 12.6 Å².